The first-order valence-electron chi connectivity index (χ1n) is 6.89. The summed E-state index contributed by atoms with van der Waals surface area (Å²) in [4.78, 5) is 23.0. The largest absolute Gasteiger partial charge is 0.445 e. The van der Waals surface area contributed by atoms with Crippen molar-refractivity contribution in [1.82, 2.24) is 5.32 Å². The molecule has 2 aliphatic rings. The van der Waals surface area contributed by atoms with Gasteiger partial charge in [0.05, 0.1) is 0 Å². The van der Waals surface area contributed by atoms with Crippen LogP contribution in [0.4, 0.5) is 4.79 Å². The summed E-state index contributed by atoms with van der Waals surface area (Å²) in [7, 11) is 0. The number of nitrogens with one attached hydrogen (secondary N) is 1. The molecule has 4 atom stereocenters. The minimum Gasteiger partial charge on any atom is -0.445 e. The fourth-order valence-corrected chi connectivity index (χ4v) is 3.15. The van der Waals surface area contributed by atoms with Crippen molar-refractivity contribution in [3.63, 3.8) is 0 Å². The van der Waals surface area contributed by atoms with Crippen molar-refractivity contribution in [2.75, 3.05) is 0 Å². The summed E-state index contributed by atoms with van der Waals surface area (Å²) in [5.41, 5.74) is 0.947. The van der Waals surface area contributed by atoms with Gasteiger partial charge in [-0.25, -0.2) is 4.79 Å². The summed E-state index contributed by atoms with van der Waals surface area (Å²) in [6, 6.07) is 9.41. The summed E-state index contributed by atoms with van der Waals surface area (Å²) in [5, 5.41) is 2.84. The summed E-state index contributed by atoms with van der Waals surface area (Å²) in [6.07, 6.45) is 5.62. The molecule has 1 fully saturated rings. The van der Waals surface area contributed by atoms with Crippen molar-refractivity contribution in [3.8, 4) is 0 Å². The number of aldehydes is 1. The van der Waals surface area contributed by atoms with E-state index in [0.29, 0.717) is 0 Å². The van der Waals surface area contributed by atoms with Gasteiger partial charge in [0, 0.05) is 12.0 Å². The lowest BCUT2D eigenvalue weighted by molar-refractivity contribution is -0.112. The standard InChI is InChI=1S/C16H17NO3/c18-9-14-12-6-7-13(8-12)15(14)17-16(19)20-10-11-4-2-1-3-5-11/h1-7,9,12-15H,8,10H2,(H,17,19)/t12-,13-,14-,15+/m0/s1. The molecule has 1 N–H and O–H groups in total. The van der Waals surface area contributed by atoms with E-state index in [4.69, 9.17) is 4.74 Å². The summed E-state index contributed by atoms with van der Waals surface area (Å²) in [5.74, 6) is 0.422. The van der Waals surface area contributed by atoms with Crippen LogP contribution in [0.3, 0.4) is 0 Å². The number of hydrogen-bond donors (Lipinski definition) is 1. The van der Waals surface area contributed by atoms with E-state index in [1.54, 1.807) is 0 Å². The number of fused-ring (bicyclic) bond motifs is 2. The van der Waals surface area contributed by atoms with Gasteiger partial charge in [-0.3, -0.25) is 0 Å². The zero-order valence-corrected chi connectivity index (χ0v) is 11.1. The average Bonchev–Trinajstić information content (AvgIpc) is 3.07. The molecule has 0 aliphatic heterocycles. The Morgan fingerprint density at radius 1 is 1.25 bits per heavy atom. The first-order chi connectivity index (χ1) is 9.78. The fraction of sp³-hybridized carbons (Fsp3) is 0.375. The molecule has 3 rings (SSSR count). The van der Waals surface area contributed by atoms with E-state index in [2.05, 4.69) is 17.5 Å². The predicted octanol–water partition coefficient (Wildman–Crippen LogP) is 2.30. The molecule has 1 aromatic rings. The van der Waals surface area contributed by atoms with Crippen LogP contribution < -0.4 is 5.32 Å². The van der Waals surface area contributed by atoms with Crippen molar-refractivity contribution in [3.05, 3.63) is 48.0 Å². The smallest absolute Gasteiger partial charge is 0.407 e. The Balaban J connectivity index is 1.54. The maximum absolute atomic E-state index is 11.8. The molecule has 0 saturated heterocycles. The predicted molar refractivity (Wildman–Crippen MR) is 73.8 cm³/mol. The van der Waals surface area contributed by atoms with Crippen molar-refractivity contribution < 1.29 is 14.3 Å². The Morgan fingerprint density at radius 3 is 2.75 bits per heavy atom. The Bertz CT molecular complexity index is 526. The first-order valence-corrected chi connectivity index (χ1v) is 6.89. The SMILES string of the molecule is O=C[C@@H]1[C@H](NC(=O)OCc2ccccc2)[C@H]2C=C[C@H]1C2. The molecule has 0 aromatic heterocycles. The van der Waals surface area contributed by atoms with Gasteiger partial charge in [-0.15, -0.1) is 0 Å². The number of allylic oxidation sites excluding steroid dienone is 1. The molecule has 2 aliphatic carbocycles. The highest BCUT2D eigenvalue weighted by molar-refractivity contribution is 5.69. The van der Waals surface area contributed by atoms with E-state index < -0.39 is 6.09 Å². The van der Waals surface area contributed by atoms with Gasteiger partial charge < -0.3 is 14.8 Å². The van der Waals surface area contributed by atoms with Gasteiger partial charge in [-0.1, -0.05) is 42.5 Å². The van der Waals surface area contributed by atoms with E-state index in [-0.39, 0.29) is 30.4 Å². The van der Waals surface area contributed by atoms with Gasteiger partial charge in [0.15, 0.2) is 0 Å². The van der Waals surface area contributed by atoms with Gasteiger partial charge in [0.25, 0.3) is 0 Å². The number of amides is 1. The second-order valence-corrected chi connectivity index (χ2v) is 5.39. The quantitative estimate of drug-likeness (QED) is 0.675. The van der Waals surface area contributed by atoms with Crippen LogP contribution in [0.15, 0.2) is 42.5 Å². The second kappa shape index (κ2) is 5.49. The number of ether oxygens (including phenoxy) is 1. The van der Waals surface area contributed by atoms with Crippen molar-refractivity contribution >= 4 is 12.4 Å². The lowest BCUT2D eigenvalue weighted by atomic mass is 9.90. The molecule has 2 bridgehead atoms. The zero-order valence-electron chi connectivity index (χ0n) is 11.1. The monoisotopic (exact) mass is 271 g/mol. The fourth-order valence-electron chi connectivity index (χ4n) is 3.15. The van der Waals surface area contributed by atoms with Gasteiger partial charge in [-0.05, 0) is 23.8 Å². The van der Waals surface area contributed by atoms with Crippen molar-refractivity contribution in [2.24, 2.45) is 17.8 Å². The van der Waals surface area contributed by atoms with Crippen LogP contribution in [0.5, 0.6) is 0 Å². The maximum Gasteiger partial charge on any atom is 0.407 e. The first kappa shape index (κ1) is 12.9. The van der Waals surface area contributed by atoms with Crippen LogP contribution in [0, 0.1) is 17.8 Å². The van der Waals surface area contributed by atoms with E-state index >= 15 is 0 Å². The van der Waals surface area contributed by atoms with Crippen LogP contribution in [0.2, 0.25) is 0 Å². The third-order valence-corrected chi connectivity index (χ3v) is 4.17. The molecule has 104 valence electrons. The summed E-state index contributed by atoms with van der Waals surface area (Å²) < 4.78 is 5.20. The molecule has 0 radical (unpaired) electrons. The van der Waals surface area contributed by atoms with Crippen LogP contribution in [0.1, 0.15) is 12.0 Å². The highest BCUT2D eigenvalue weighted by Crippen LogP contribution is 2.42. The number of alkyl carbamates (subject to hydrolysis) is 1. The zero-order chi connectivity index (χ0) is 13.9. The van der Waals surface area contributed by atoms with E-state index in [9.17, 15) is 9.59 Å². The Hall–Kier alpha value is -2.10. The Labute approximate surface area is 117 Å². The molecule has 20 heavy (non-hydrogen) atoms. The van der Waals surface area contributed by atoms with Crippen LogP contribution in [-0.2, 0) is 16.1 Å². The second-order valence-electron chi connectivity index (χ2n) is 5.39. The topological polar surface area (TPSA) is 55.4 Å². The maximum atomic E-state index is 11.8. The van der Waals surface area contributed by atoms with Crippen LogP contribution >= 0.6 is 0 Å². The van der Waals surface area contributed by atoms with Crippen LogP contribution in [-0.4, -0.2) is 18.4 Å². The molecule has 1 aromatic carbocycles. The van der Waals surface area contributed by atoms with Gasteiger partial charge in [-0.2, -0.15) is 0 Å². The van der Waals surface area contributed by atoms with E-state index in [1.165, 1.54) is 0 Å². The number of carbonyl (C=O) groups is 2. The number of hydrogen-bond acceptors (Lipinski definition) is 3. The summed E-state index contributed by atoms with van der Waals surface area (Å²) >= 11 is 0. The van der Waals surface area contributed by atoms with Crippen LogP contribution in [0.25, 0.3) is 0 Å². The lowest BCUT2D eigenvalue weighted by Gasteiger charge is -2.24. The Morgan fingerprint density at radius 2 is 2.00 bits per heavy atom. The van der Waals surface area contributed by atoms with Gasteiger partial charge in [0.2, 0.25) is 0 Å². The normalized spacial score (nSPS) is 30.2. The number of carbonyl (C=O) groups excluding carboxylic acids is 2. The molecule has 0 unspecified atom stereocenters. The minimum atomic E-state index is -0.452. The summed E-state index contributed by atoms with van der Waals surface area (Å²) in [6.45, 7) is 0.245. The molecule has 4 heteroatoms. The average molecular weight is 271 g/mol. The van der Waals surface area contributed by atoms with E-state index in [0.717, 1.165) is 18.3 Å². The van der Waals surface area contributed by atoms with Gasteiger partial charge in [0.1, 0.15) is 12.9 Å². The number of rotatable bonds is 4. The third kappa shape index (κ3) is 2.46. The molecule has 1 saturated carbocycles. The van der Waals surface area contributed by atoms with E-state index in [1.807, 2.05) is 30.3 Å². The number of benzene rings is 1. The molecular weight excluding hydrogens is 254 g/mol. The van der Waals surface area contributed by atoms with Crippen molar-refractivity contribution in [2.45, 2.75) is 19.1 Å². The molecule has 1 amide bonds. The minimum absolute atomic E-state index is 0.116. The highest BCUT2D eigenvalue weighted by atomic mass is 16.5. The Kier molecular flexibility index (Phi) is 3.54. The van der Waals surface area contributed by atoms with Gasteiger partial charge >= 0.3 is 6.09 Å². The molecule has 0 spiro atoms. The molecular formula is C16H17NO3. The molecule has 4 nitrogen and oxygen atoms in total. The highest BCUT2D eigenvalue weighted by Gasteiger charge is 2.45. The van der Waals surface area contributed by atoms with Crippen molar-refractivity contribution in [1.29, 1.82) is 0 Å². The molecule has 0 heterocycles. The third-order valence-electron chi connectivity index (χ3n) is 4.17. The lowest BCUT2D eigenvalue weighted by Crippen LogP contribution is -2.43.